The van der Waals surface area contributed by atoms with Crippen molar-refractivity contribution in [2.45, 2.75) is 38.3 Å². The number of aryl methyl sites for hydroxylation is 1. The van der Waals surface area contributed by atoms with Crippen LogP contribution in [0.25, 0.3) is 0 Å². The predicted molar refractivity (Wildman–Crippen MR) is 67.7 cm³/mol. The molecule has 0 heterocycles. The molecule has 1 aromatic carbocycles. The molecule has 0 saturated carbocycles. The van der Waals surface area contributed by atoms with Gasteiger partial charge in [0.15, 0.2) is 0 Å². The lowest BCUT2D eigenvalue weighted by Gasteiger charge is -2.08. The molecule has 0 aliphatic heterocycles. The van der Waals surface area contributed by atoms with E-state index >= 15 is 0 Å². The summed E-state index contributed by atoms with van der Waals surface area (Å²) in [5, 5.41) is 2.58. The van der Waals surface area contributed by atoms with E-state index in [-0.39, 0.29) is 0 Å². The highest BCUT2D eigenvalue weighted by molar-refractivity contribution is 5.45. The summed E-state index contributed by atoms with van der Waals surface area (Å²) >= 11 is 0. The maximum atomic E-state index is 12.5. The van der Waals surface area contributed by atoms with Gasteiger partial charge in [-0.1, -0.05) is 31.0 Å². The fourth-order valence-corrected chi connectivity index (χ4v) is 1.87. The van der Waals surface area contributed by atoms with Crippen LogP contribution in [0.1, 0.15) is 36.8 Å². The first kappa shape index (κ1) is 15.5. The van der Waals surface area contributed by atoms with Gasteiger partial charge < -0.3 is 5.32 Å². The Morgan fingerprint density at radius 3 is 2.53 bits per heavy atom. The third-order valence-corrected chi connectivity index (χ3v) is 2.87. The molecule has 0 aliphatic rings. The van der Waals surface area contributed by atoms with Gasteiger partial charge in [0.1, 0.15) is 0 Å². The van der Waals surface area contributed by atoms with E-state index in [1.807, 2.05) is 0 Å². The third kappa shape index (κ3) is 6.27. The molecule has 0 aliphatic carbocycles. The highest BCUT2D eigenvalue weighted by Gasteiger charge is 2.30. The van der Waals surface area contributed by atoms with E-state index in [1.54, 1.807) is 6.07 Å². The minimum Gasteiger partial charge on any atom is -0.359 e. The summed E-state index contributed by atoms with van der Waals surface area (Å²) in [4.78, 5) is 9.99. The molecule has 0 spiro atoms. The Balaban J connectivity index is 2.28. The van der Waals surface area contributed by atoms with Crippen molar-refractivity contribution >= 4 is 6.41 Å². The molecule has 0 saturated heterocycles. The van der Waals surface area contributed by atoms with E-state index in [9.17, 15) is 18.0 Å². The number of carbonyl (C=O) groups is 1. The highest BCUT2D eigenvalue weighted by atomic mass is 19.4. The van der Waals surface area contributed by atoms with E-state index in [0.717, 1.165) is 37.3 Å². The van der Waals surface area contributed by atoms with Crippen molar-refractivity contribution in [3.63, 3.8) is 0 Å². The average molecular weight is 273 g/mol. The first-order chi connectivity index (χ1) is 9.04. The number of unbranched alkanes of at least 4 members (excludes halogenated alkanes) is 3. The number of nitrogens with one attached hydrogen (secondary N) is 1. The van der Waals surface area contributed by atoms with Crippen LogP contribution in [0, 0.1) is 0 Å². The van der Waals surface area contributed by atoms with Gasteiger partial charge in [-0.25, -0.2) is 0 Å². The summed E-state index contributed by atoms with van der Waals surface area (Å²) in [6, 6.07) is 5.48. The lowest BCUT2D eigenvalue weighted by atomic mass is 10.0. The van der Waals surface area contributed by atoms with Gasteiger partial charge in [0.2, 0.25) is 6.41 Å². The predicted octanol–water partition coefficient (Wildman–Crippen LogP) is 3.55. The van der Waals surface area contributed by atoms with Crippen molar-refractivity contribution < 1.29 is 18.0 Å². The molecule has 19 heavy (non-hydrogen) atoms. The molecule has 2 nitrogen and oxygen atoms in total. The first-order valence-corrected chi connectivity index (χ1v) is 6.37. The van der Waals surface area contributed by atoms with Crippen molar-refractivity contribution in [1.29, 1.82) is 0 Å². The number of carbonyl (C=O) groups excluding carboxylic acids is 1. The van der Waals surface area contributed by atoms with Crippen LogP contribution in [0.3, 0.4) is 0 Å². The number of hydrogen-bond acceptors (Lipinski definition) is 1. The Hall–Kier alpha value is -1.52. The van der Waals surface area contributed by atoms with E-state index in [0.29, 0.717) is 19.4 Å². The minimum absolute atomic E-state index is 0.583. The number of alkyl halides is 3. The van der Waals surface area contributed by atoms with Crippen LogP contribution in [0.5, 0.6) is 0 Å². The van der Waals surface area contributed by atoms with Crippen molar-refractivity contribution in [3.8, 4) is 0 Å². The molecule has 1 aromatic rings. The van der Waals surface area contributed by atoms with Crippen LogP contribution >= 0.6 is 0 Å². The standard InChI is InChI=1S/C14H18F3NO/c15-14(16,17)13-8-5-7-12(10-13)6-3-1-2-4-9-18-11-19/h5,7-8,10-11H,1-4,6,9H2,(H,18,19). The second-order valence-electron chi connectivity index (χ2n) is 4.43. The largest absolute Gasteiger partial charge is 0.416 e. The second kappa shape index (κ2) is 7.81. The van der Waals surface area contributed by atoms with Crippen LogP contribution in [-0.2, 0) is 17.4 Å². The Bertz CT molecular complexity index is 391. The molecule has 0 aromatic heterocycles. The van der Waals surface area contributed by atoms with Crippen LogP contribution < -0.4 is 5.32 Å². The molecular formula is C14H18F3NO. The van der Waals surface area contributed by atoms with Gasteiger partial charge in [-0.15, -0.1) is 0 Å². The van der Waals surface area contributed by atoms with E-state index in [2.05, 4.69) is 5.32 Å². The Morgan fingerprint density at radius 2 is 1.84 bits per heavy atom. The van der Waals surface area contributed by atoms with Crippen LogP contribution in [0.15, 0.2) is 24.3 Å². The van der Waals surface area contributed by atoms with Crippen molar-refractivity contribution in [2.24, 2.45) is 0 Å². The molecule has 1 amide bonds. The number of rotatable bonds is 8. The molecule has 0 atom stereocenters. The lowest BCUT2D eigenvalue weighted by molar-refractivity contribution is -0.137. The van der Waals surface area contributed by atoms with Gasteiger partial charge in [0.05, 0.1) is 5.56 Å². The van der Waals surface area contributed by atoms with Gasteiger partial charge in [-0.3, -0.25) is 4.79 Å². The fraction of sp³-hybridized carbons (Fsp3) is 0.500. The maximum absolute atomic E-state index is 12.5. The van der Waals surface area contributed by atoms with Gasteiger partial charge >= 0.3 is 6.18 Å². The monoisotopic (exact) mass is 273 g/mol. The molecule has 5 heteroatoms. The molecule has 0 bridgehead atoms. The molecular weight excluding hydrogens is 255 g/mol. The summed E-state index contributed by atoms with van der Waals surface area (Å²) in [7, 11) is 0. The van der Waals surface area contributed by atoms with Crippen LogP contribution in [0.2, 0.25) is 0 Å². The van der Waals surface area contributed by atoms with Crippen molar-refractivity contribution in [1.82, 2.24) is 5.32 Å². The number of benzene rings is 1. The van der Waals surface area contributed by atoms with E-state index < -0.39 is 11.7 Å². The van der Waals surface area contributed by atoms with Gasteiger partial charge in [-0.05, 0) is 30.9 Å². The Morgan fingerprint density at radius 1 is 1.11 bits per heavy atom. The highest BCUT2D eigenvalue weighted by Crippen LogP contribution is 2.29. The van der Waals surface area contributed by atoms with Crippen LogP contribution in [-0.4, -0.2) is 13.0 Å². The summed E-state index contributed by atoms with van der Waals surface area (Å²) < 4.78 is 37.5. The summed E-state index contributed by atoms with van der Waals surface area (Å²) in [6.07, 6.45) is 0.754. The van der Waals surface area contributed by atoms with E-state index in [1.165, 1.54) is 12.1 Å². The molecule has 1 rings (SSSR count). The minimum atomic E-state index is -4.27. The quantitative estimate of drug-likeness (QED) is 0.569. The topological polar surface area (TPSA) is 29.1 Å². The SMILES string of the molecule is O=CNCCCCCCc1cccc(C(F)(F)F)c1. The maximum Gasteiger partial charge on any atom is 0.416 e. The number of hydrogen-bond donors (Lipinski definition) is 1. The molecule has 0 unspecified atom stereocenters. The Kier molecular flexibility index (Phi) is 6.39. The average Bonchev–Trinajstić information content (AvgIpc) is 2.37. The van der Waals surface area contributed by atoms with Gasteiger partial charge in [0.25, 0.3) is 0 Å². The number of halogens is 3. The molecule has 0 fully saturated rings. The lowest BCUT2D eigenvalue weighted by Crippen LogP contribution is -2.11. The van der Waals surface area contributed by atoms with Crippen LogP contribution in [0.4, 0.5) is 13.2 Å². The second-order valence-corrected chi connectivity index (χ2v) is 4.43. The first-order valence-electron chi connectivity index (χ1n) is 6.37. The summed E-state index contributed by atoms with van der Waals surface area (Å²) in [5.74, 6) is 0. The molecule has 1 N–H and O–H groups in total. The van der Waals surface area contributed by atoms with E-state index in [4.69, 9.17) is 0 Å². The summed E-state index contributed by atoms with van der Waals surface area (Å²) in [5.41, 5.74) is 0.140. The number of amides is 1. The Labute approximate surface area is 111 Å². The summed E-state index contributed by atoms with van der Waals surface area (Å²) in [6.45, 7) is 0.660. The normalized spacial score (nSPS) is 11.3. The zero-order valence-corrected chi connectivity index (χ0v) is 10.7. The zero-order valence-electron chi connectivity index (χ0n) is 10.7. The molecule has 0 radical (unpaired) electrons. The van der Waals surface area contributed by atoms with Crippen molar-refractivity contribution in [2.75, 3.05) is 6.54 Å². The van der Waals surface area contributed by atoms with Gasteiger partial charge in [0, 0.05) is 6.54 Å². The fourth-order valence-electron chi connectivity index (χ4n) is 1.87. The smallest absolute Gasteiger partial charge is 0.359 e. The zero-order chi connectivity index (χ0) is 14.1. The molecule has 106 valence electrons. The van der Waals surface area contributed by atoms with Crippen molar-refractivity contribution in [3.05, 3.63) is 35.4 Å². The van der Waals surface area contributed by atoms with Gasteiger partial charge in [-0.2, -0.15) is 13.2 Å². The third-order valence-electron chi connectivity index (χ3n) is 2.87.